The van der Waals surface area contributed by atoms with Gasteiger partial charge in [-0.3, -0.25) is 13.8 Å². The molecule has 0 saturated heterocycles. The third kappa shape index (κ3) is 34.2. The maximum Gasteiger partial charge on any atom is 0.472 e. The third-order valence-electron chi connectivity index (χ3n) is 7.94. The van der Waals surface area contributed by atoms with Crippen molar-refractivity contribution in [1.82, 2.24) is 0 Å². The van der Waals surface area contributed by atoms with Gasteiger partial charge in [0.1, 0.15) is 6.61 Å². The Hall–Kier alpha value is -1.18. The zero-order valence-corrected chi connectivity index (χ0v) is 30.7. The van der Waals surface area contributed by atoms with Crippen LogP contribution in [0.2, 0.25) is 0 Å². The molecule has 0 rings (SSSR count). The van der Waals surface area contributed by atoms with Crippen LogP contribution in [-0.4, -0.2) is 43.3 Å². The van der Waals surface area contributed by atoms with Crippen LogP contribution >= 0.6 is 7.82 Å². The largest absolute Gasteiger partial charge is 0.498 e. The predicted octanol–water partition coefficient (Wildman–Crippen LogP) is 10.9. The van der Waals surface area contributed by atoms with Crippen LogP contribution in [0.3, 0.4) is 0 Å². The molecule has 0 amide bonds. The zero-order valence-electron chi connectivity index (χ0n) is 29.8. The third-order valence-corrected chi connectivity index (χ3v) is 8.92. The van der Waals surface area contributed by atoms with Crippen LogP contribution in [0, 0.1) is 0 Å². The number of hydrogen-bond donors (Lipinski definition) is 2. The van der Waals surface area contributed by atoms with Gasteiger partial charge in [-0.1, -0.05) is 135 Å². The van der Waals surface area contributed by atoms with Crippen molar-refractivity contribution in [2.24, 2.45) is 5.73 Å². The molecule has 0 fully saturated rings. The number of esters is 1. The fourth-order valence-electron chi connectivity index (χ4n) is 5.13. The Kier molecular flexibility index (Phi) is 34.2. The molecule has 0 aliphatic carbocycles. The lowest BCUT2D eigenvalue weighted by atomic mass is 10.1. The Morgan fingerprint density at radius 3 is 1.63 bits per heavy atom. The SMILES string of the molecule is CCCCCC/C=C\CCCCCCCC/C=C\OC[C@H](COP(=O)(O)OCCN)OC(=O)CCCCCCCCCCCCC. The smallest absolute Gasteiger partial charge is 0.472 e. The Labute approximate surface area is 283 Å². The van der Waals surface area contributed by atoms with Crippen molar-refractivity contribution < 1.29 is 32.8 Å². The van der Waals surface area contributed by atoms with Crippen molar-refractivity contribution in [3.63, 3.8) is 0 Å². The van der Waals surface area contributed by atoms with E-state index in [9.17, 15) is 14.3 Å². The molecule has 1 unspecified atom stereocenters. The predicted molar refractivity (Wildman–Crippen MR) is 192 cm³/mol. The molecule has 3 N–H and O–H groups in total. The van der Waals surface area contributed by atoms with Gasteiger partial charge in [0.25, 0.3) is 0 Å². The average Bonchev–Trinajstić information content (AvgIpc) is 3.04. The van der Waals surface area contributed by atoms with Crippen molar-refractivity contribution >= 4 is 13.8 Å². The van der Waals surface area contributed by atoms with Gasteiger partial charge < -0.3 is 20.1 Å². The standard InChI is InChI=1S/C37H72NO7P/c1-3-5-7-9-11-13-15-16-17-18-19-21-23-25-27-29-32-42-34-36(35-44-46(40,41)43-33-31-38)45-37(39)30-28-26-24-22-20-14-12-10-8-6-4-2/h13,15,29,32,36H,3-12,14,16-28,30-31,33-35,38H2,1-2H3,(H,40,41)/b15-13-,32-29-/t36-/m1/s1. The van der Waals surface area contributed by atoms with Gasteiger partial charge in [0, 0.05) is 13.0 Å². The number of rotatable bonds is 36. The van der Waals surface area contributed by atoms with Crippen LogP contribution in [-0.2, 0) is 27.9 Å². The maximum absolute atomic E-state index is 12.5. The van der Waals surface area contributed by atoms with Crippen molar-refractivity contribution in [2.75, 3.05) is 26.4 Å². The second kappa shape index (κ2) is 35.1. The zero-order chi connectivity index (χ0) is 33.8. The van der Waals surface area contributed by atoms with E-state index >= 15 is 0 Å². The number of phosphoric ester groups is 1. The van der Waals surface area contributed by atoms with Crippen LogP contribution < -0.4 is 5.73 Å². The Balaban J connectivity index is 4.13. The first-order valence-electron chi connectivity index (χ1n) is 18.9. The monoisotopic (exact) mass is 674 g/mol. The summed E-state index contributed by atoms with van der Waals surface area (Å²) in [6.07, 6.45) is 37.1. The van der Waals surface area contributed by atoms with E-state index in [1.807, 2.05) is 6.08 Å². The Bertz CT molecular complexity index is 762. The summed E-state index contributed by atoms with van der Waals surface area (Å²) in [5.41, 5.74) is 5.34. The van der Waals surface area contributed by atoms with Gasteiger partial charge in [0.05, 0.1) is 19.5 Å². The second-order valence-corrected chi connectivity index (χ2v) is 14.0. The molecule has 0 spiro atoms. The number of carbonyl (C=O) groups is 1. The van der Waals surface area contributed by atoms with Gasteiger partial charge in [-0.2, -0.15) is 0 Å². The molecule has 272 valence electrons. The number of allylic oxidation sites excluding steroid dienone is 3. The quantitative estimate of drug-likeness (QED) is 0.0222. The van der Waals surface area contributed by atoms with Gasteiger partial charge in [0.2, 0.25) is 0 Å². The van der Waals surface area contributed by atoms with E-state index in [2.05, 4.69) is 26.0 Å². The molecule has 0 saturated carbocycles. The van der Waals surface area contributed by atoms with Crippen molar-refractivity contribution in [3.05, 3.63) is 24.5 Å². The van der Waals surface area contributed by atoms with E-state index in [-0.39, 0.29) is 32.3 Å². The van der Waals surface area contributed by atoms with Gasteiger partial charge in [-0.15, -0.1) is 0 Å². The first kappa shape index (κ1) is 44.8. The van der Waals surface area contributed by atoms with Crippen molar-refractivity contribution in [2.45, 2.75) is 180 Å². The minimum Gasteiger partial charge on any atom is -0.498 e. The first-order valence-corrected chi connectivity index (χ1v) is 20.4. The fourth-order valence-corrected chi connectivity index (χ4v) is 5.90. The second-order valence-electron chi connectivity index (χ2n) is 12.5. The summed E-state index contributed by atoms with van der Waals surface area (Å²) in [5.74, 6) is -0.355. The molecule has 46 heavy (non-hydrogen) atoms. The Morgan fingerprint density at radius 1 is 0.652 bits per heavy atom. The minimum atomic E-state index is -4.28. The lowest BCUT2D eigenvalue weighted by Crippen LogP contribution is -2.27. The molecular weight excluding hydrogens is 601 g/mol. The van der Waals surface area contributed by atoms with E-state index in [0.717, 1.165) is 32.1 Å². The van der Waals surface area contributed by atoms with Crippen LogP contribution in [0.25, 0.3) is 0 Å². The first-order chi connectivity index (χ1) is 22.4. The molecule has 0 aliphatic rings. The number of phosphoric acid groups is 1. The molecular formula is C37H72NO7P. The summed E-state index contributed by atoms with van der Waals surface area (Å²) in [5, 5.41) is 0. The molecule has 0 aromatic heterocycles. The van der Waals surface area contributed by atoms with E-state index in [1.165, 1.54) is 122 Å². The number of unbranched alkanes of at least 4 members (excludes halogenated alkanes) is 21. The molecule has 8 nitrogen and oxygen atoms in total. The topological polar surface area (TPSA) is 117 Å². The van der Waals surface area contributed by atoms with Gasteiger partial charge in [-0.05, 0) is 51.0 Å². The molecule has 0 radical (unpaired) electrons. The van der Waals surface area contributed by atoms with Gasteiger partial charge in [-0.25, -0.2) is 4.57 Å². The van der Waals surface area contributed by atoms with Gasteiger partial charge in [0.15, 0.2) is 6.10 Å². The van der Waals surface area contributed by atoms with Crippen molar-refractivity contribution in [3.8, 4) is 0 Å². The molecule has 0 bridgehead atoms. The number of nitrogens with two attached hydrogens (primary N) is 1. The van der Waals surface area contributed by atoms with Gasteiger partial charge >= 0.3 is 13.8 Å². The molecule has 0 aromatic rings. The lowest BCUT2D eigenvalue weighted by Gasteiger charge is -2.19. The van der Waals surface area contributed by atoms with Crippen LogP contribution in [0.4, 0.5) is 0 Å². The van der Waals surface area contributed by atoms with Crippen LogP contribution in [0.5, 0.6) is 0 Å². The van der Waals surface area contributed by atoms with Crippen LogP contribution in [0.15, 0.2) is 24.5 Å². The van der Waals surface area contributed by atoms with E-state index in [0.29, 0.717) is 6.42 Å². The molecule has 0 aromatic carbocycles. The Morgan fingerprint density at radius 2 is 1.11 bits per heavy atom. The minimum absolute atomic E-state index is 0.0323. The highest BCUT2D eigenvalue weighted by atomic mass is 31.2. The molecule has 2 atom stereocenters. The average molecular weight is 674 g/mol. The number of hydrogen-bond acceptors (Lipinski definition) is 7. The van der Waals surface area contributed by atoms with E-state index in [1.54, 1.807) is 6.26 Å². The summed E-state index contributed by atoms with van der Waals surface area (Å²) in [6, 6.07) is 0. The highest BCUT2D eigenvalue weighted by molar-refractivity contribution is 7.47. The summed E-state index contributed by atoms with van der Waals surface area (Å²) in [6.45, 7) is 4.21. The molecule has 0 heterocycles. The number of carbonyl (C=O) groups excluding carboxylic acids is 1. The fraction of sp³-hybridized carbons (Fsp3) is 0.865. The summed E-state index contributed by atoms with van der Waals surface area (Å²) in [7, 11) is -4.28. The summed E-state index contributed by atoms with van der Waals surface area (Å²) in [4.78, 5) is 22.3. The summed E-state index contributed by atoms with van der Waals surface area (Å²) < 4.78 is 33.0. The van der Waals surface area contributed by atoms with E-state index < -0.39 is 13.9 Å². The van der Waals surface area contributed by atoms with Crippen LogP contribution in [0.1, 0.15) is 174 Å². The highest BCUT2D eigenvalue weighted by Gasteiger charge is 2.25. The maximum atomic E-state index is 12.5. The molecule has 9 heteroatoms. The number of ether oxygens (including phenoxy) is 2. The normalized spacial score (nSPS) is 13.8. The summed E-state index contributed by atoms with van der Waals surface area (Å²) >= 11 is 0. The van der Waals surface area contributed by atoms with Crippen molar-refractivity contribution in [1.29, 1.82) is 0 Å². The molecule has 0 aliphatic heterocycles. The highest BCUT2D eigenvalue weighted by Crippen LogP contribution is 2.43. The van der Waals surface area contributed by atoms with E-state index in [4.69, 9.17) is 24.3 Å². The lowest BCUT2D eigenvalue weighted by molar-refractivity contribution is -0.153.